The molecule has 0 aliphatic carbocycles. The van der Waals surface area contributed by atoms with Crippen LogP contribution in [-0.2, 0) is 11.5 Å². The zero-order chi connectivity index (χ0) is 24.6. The first-order valence-electron chi connectivity index (χ1n) is 11.7. The molecule has 0 unspecified atom stereocenters. The fraction of sp³-hybridized carbons (Fsp3) is 0.320. The van der Waals surface area contributed by atoms with Crippen LogP contribution in [0.1, 0.15) is 18.5 Å². The summed E-state index contributed by atoms with van der Waals surface area (Å²) in [6.07, 6.45) is 8.61. The first kappa shape index (κ1) is 23.1. The molecule has 4 aromatic heterocycles. The van der Waals surface area contributed by atoms with Crippen molar-refractivity contribution in [2.75, 3.05) is 6.61 Å². The van der Waals surface area contributed by atoms with E-state index in [0.29, 0.717) is 23.6 Å². The van der Waals surface area contributed by atoms with Crippen LogP contribution in [0, 0.1) is 0 Å². The van der Waals surface area contributed by atoms with Crippen molar-refractivity contribution < 1.29 is 4.74 Å². The third-order valence-electron chi connectivity index (χ3n) is 6.16. The highest BCUT2D eigenvalue weighted by Gasteiger charge is 2.22. The van der Waals surface area contributed by atoms with Crippen molar-refractivity contribution in [1.82, 2.24) is 33.7 Å². The fourth-order valence-corrected chi connectivity index (χ4v) is 4.84. The van der Waals surface area contributed by atoms with Gasteiger partial charge in [-0.2, -0.15) is 5.10 Å². The Balaban J connectivity index is 1.61. The molecule has 0 aliphatic rings. The molecule has 5 rings (SSSR count). The second-order valence-corrected chi connectivity index (χ2v) is 15.5. The van der Waals surface area contributed by atoms with Gasteiger partial charge in [0.25, 0.3) is 0 Å². The summed E-state index contributed by atoms with van der Waals surface area (Å²) in [4.78, 5) is 27.3. The highest BCUT2D eigenvalue weighted by molar-refractivity contribution is 6.76. The molecule has 0 spiro atoms. The Morgan fingerprint density at radius 1 is 1.06 bits per heavy atom. The lowest BCUT2D eigenvalue weighted by Crippen LogP contribution is -2.28. The van der Waals surface area contributed by atoms with E-state index in [-0.39, 0.29) is 18.5 Å². The Kier molecular flexibility index (Phi) is 6.08. The van der Waals surface area contributed by atoms with Crippen LogP contribution >= 0.6 is 0 Å². The van der Waals surface area contributed by atoms with Crippen LogP contribution in [-0.4, -0.2) is 48.4 Å². The third-order valence-corrected chi connectivity index (χ3v) is 7.86. The van der Waals surface area contributed by atoms with Crippen LogP contribution in [0.2, 0.25) is 25.7 Å². The second kappa shape index (κ2) is 9.20. The van der Waals surface area contributed by atoms with Crippen LogP contribution in [0.25, 0.3) is 28.1 Å². The SMILES string of the molecule is C[C@H](c1ccccc1)n1c(=O)n(COCC[Si](C)(C)C)c2cnc(-c3cnn4ccncc34)nc21. The van der Waals surface area contributed by atoms with E-state index in [1.54, 1.807) is 44.6 Å². The van der Waals surface area contributed by atoms with E-state index in [1.807, 2.05) is 37.3 Å². The molecule has 10 heteroatoms. The molecule has 0 fully saturated rings. The topological polar surface area (TPSA) is 92.1 Å². The molecule has 0 aliphatic heterocycles. The highest BCUT2D eigenvalue weighted by atomic mass is 28.3. The molecule has 180 valence electrons. The summed E-state index contributed by atoms with van der Waals surface area (Å²) >= 11 is 0. The molecule has 4 heterocycles. The van der Waals surface area contributed by atoms with E-state index in [2.05, 4.69) is 34.7 Å². The Labute approximate surface area is 204 Å². The summed E-state index contributed by atoms with van der Waals surface area (Å²) in [6, 6.07) is 10.8. The number of aromatic nitrogens is 7. The lowest BCUT2D eigenvalue weighted by atomic mass is 10.1. The molecule has 0 radical (unpaired) electrons. The summed E-state index contributed by atoms with van der Waals surface area (Å²) in [6.45, 7) is 9.71. The maximum Gasteiger partial charge on any atom is 0.332 e. The molecule has 35 heavy (non-hydrogen) atoms. The lowest BCUT2D eigenvalue weighted by Gasteiger charge is -2.15. The third kappa shape index (κ3) is 4.54. The van der Waals surface area contributed by atoms with E-state index in [0.717, 1.165) is 22.7 Å². The summed E-state index contributed by atoms with van der Waals surface area (Å²) in [5.41, 5.74) is 3.61. The number of ether oxygens (including phenoxy) is 1. The Morgan fingerprint density at radius 3 is 2.63 bits per heavy atom. The summed E-state index contributed by atoms with van der Waals surface area (Å²) in [5, 5.41) is 4.38. The predicted octanol–water partition coefficient (Wildman–Crippen LogP) is 4.22. The molecule has 1 atom stereocenters. The van der Waals surface area contributed by atoms with Crippen molar-refractivity contribution in [1.29, 1.82) is 0 Å². The number of imidazole rings is 1. The molecule has 0 saturated carbocycles. The normalized spacial score (nSPS) is 13.0. The van der Waals surface area contributed by atoms with Crippen LogP contribution in [0.15, 0.2) is 66.1 Å². The van der Waals surface area contributed by atoms with Crippen LogP contribution in [0.5, 0.6) is 0 Å². The summed E-state index contributed by atoms with van der Waals surface area (Å²) in [7, 11) is -1.24. The van der Waals surface area contributed by atoms with Gasteiger partial charge in [0.2, 0.25) is 0 Å². The van der Waals surface area contributed by atoms with E-state index >= 15 is 0 Å². The van der Waals surface area contributed by atoms with Crippen molar-refractivity contribution in [3.05, 3.63) is 77.4 Å². The predicted molar refractivity (Wildman–Crippen MR) is 138 cm³/mol. The van der Waals surface area contributed by atoms with Crippen LogP contribution in [0.4, 0.5) is 0 Å². The Hall–Kier alpha value is -3.63. The van der Waals surface area contributed by atoms with Gasteiger partial charge in [0.1, 0.15) is 12.2 Å². The Morgan fingerprint density at radius 2 is 1.86 bits per heavy atom. The minimum absolute atomic E-state index is 0.164. The van der Waals surface area contributed by atoms with E-state index in [9.17, 15) is 4.79 Å². The standard InChI is InChI=1S/C25H29N7O2Si/c1-18(19-8-6-5-7-9-19)32-24-22(30(25(32)33)17-34-12-13-35(2,3)4)16-27-23(29-24)20-14-28-31-11-10-26-15-21(20)31/h5-11,14-16,18H,12-13,17H2,1-4H3/t18-/m1/s1. The van der Waals surface area contributed by atoms with Gasteiger partial charge in [-0.1, -0.05) is 50.0 Å². The highest BCUT2D eigenvalue weighted by Crippen LogP contribution is 2.25. The monoisotopic (exact) mass is 487 g/mol. The molecule has 0 bridgehead atoms. The van der Waals surface area contributed by atoms with Crippen molar-refractivity contribution >= 4 is 24.8 Å². The molecule has 1 aromatic carbocycles. The van der Waals surface area contributed by atoms with Crippen LogP contribution < -0.4 is 5.69 Å². The largest absolute Gasteiger partial charge is 0.361 e. The van der Waals surface area contributed by atoms with Gasteiger partial charge in [-0.15, -0.1) is 0 Å². The molecule has 5 aromatic rings. The minimum atomic E-state index is -1.24. The number of rotatable bonds is 8. The van der Waals surface area contributed by atoms with Gasteiger partial charge in [-0.3, -0.25) is 14.1 Å². The van der Waals surface area contributed by atoms with Gasteiger partial charge in [0, 0.05) is 27.1 Å². The van der Waals surface area contributed by atoms with E-state index in [1.165, 1.54) is 0 Å². The first-order valence-corrected chi connectivity index (χ1v) is 15.4. The molecule has 0 saturated heterocycles. The molecular weight excluding hydrogens is 458 g/mol. The number of hydrogen-bond acceptors (Lipinski definition) is 6. The van der Waals surface area contributed by atoms with Gasteiger partial charge in [0.05, 0.1) is 35.7 Å². The second-order valence-electron chi connectivity index (χ2n) is 9.88. The number of fused-ring (bicyclic) bond motifs is 2. The number of hydrogen-bond donors (Lipinski definition) is 0. The quantitative estimate of drug-likeness (QED) is 0.240. The van der Waals surface area contributed by atoms with Gasteiger partial charge in [-0.05, 0) is 18.5 Å². The average molecular weight is 488 g/mol. The lowest BCUT2D eigenvalue weighted by molar-refractivity contribution is 0.0870. The van der Waals surface area contributed by atoms with Crippen molar-refractivity contribution in [2.24, 2.45) is 0 Å². The molecule has 0 amide bonds. The summed E-state index contributed by atoms with van der Waals surface area (Å²) in [5.74, 6) is 0.492. The maximum atomic E-state index is 13.7. The smallest absolute Gasteiger partial charge is 0.332 e. The van der Waals surface area contributed by atoms with Gasteiger partial charge in [-0.25, -0.2) is 19.3 Å². The fourth-order valence-electron chi connectivity index (χ4n) is 4.08. The van der Waals surface area contributed by atoms with E-state index < -0.39 is 8.07 Å². The van der Waals surface area contributed by atoms with Crippen molar-refractivity contribution in [3.8, 4) is 11.4 Å². The Bertz CT molecular complexity index is 1530. The number of nitrogens with zero attached hydrogens (tertiary/aromatic N) is 7. The van der Waals surface area contributed by atoms with E-state index in [4.69, 9.17) is 9.72 Å². The maximum absolute atomic E-state index is 13.7. The van der Waals surface area contributed by atoms with Gasteiger partial charge < -0.3 is 4.74 Å². The number of benzene rings is 1. The molecule has 9 nitrogen and oxygen atoms in total. The zero-order valence-electron chi connectivity index (χ0n) is 20.4. The van der Waals surface area contributed by atoms with Crippen molar-refractivity contribution in [2.45, 2.75) is 45.4 Å². The first-order chi connectivity index (χ1) is 16.8. The summed E-state index contributed by atoms with van der Waals surface area (Å²) < 4.78 is 11.0. The molecular formula is C25H29N7O2Si. The molecule has 0 N–H and O–H groups in total. The van der Waals surface area contributed by atoms with Gasteiger partial charge in [0.15, 0.2) is 11.5 Å². The van der Waals surface area contributed by atoms with Crippen molar-refractivity contribution in [3.63, 3.8) is 0 Å². The zero-order valence-corrected chi connectivity index (χ0v) is 21.4. The van der Waals surface area contributed by atoms with Gasteiger partial charge >= 0.3 is 5.69 Å². The minimum Gasteiger partial charge on any atom is -0.361 e. The average Bonchev–Trinajstić information content (AvgIpc) is 3.39. The van der Waals surface area contributed by atoms with Crippen LogP contribution in [0.3, 0.4) is 0 Å².